The van der Waals surface area contributed by atoms with Gasteiger partial charge in [-0.05, 0) is 24.3 Å². The number of carbonyl (C=O) groups is 1. The van der Waals surface area contributed by atoms with E-state index in [1.165, 1.54) is 24.3 Å². The zero-order chi connectivity index (χ0) is 12.5. The van der Waals surface area contributed by atoms with E-state index < -0.39 is 6.03 Å². The van der Waals surface area contributed by atoms with Crippen molar-refractivity contribution in [1.29, 1.82) is 0 Å². The summed E-state index contributed by atoms with van der Waals surface area (Å²) in [5.41, 5.74) is 0.515. The number of hydrogen-bond acceptors (Lipinski definition) is 3. The molecule has 17 heavy (non-hydrogen) atoms. The van der Waals surface area contributed by atoms with Gasteiger partial charge in [-0.2, -0.15) is 0 Å². The van der Waals surface area contributed by atoms with Crippen molar-refractivity contribution in [2.24, 2.45) is 0 Å². The Bertz CT molecular complexity index is 343. The van der Waals surface area contributed by atoms with Gasteiger partial charge in [-0.25, -0.2) is 9.18 Å². The maximum absolute atomic E-state index is 12.6. The molecule has 0 heterocycles. The monoisotopic (exact) mass is 242 g/mol. The number of carbonyl (C=O) groups excluding carboxylic acids is 1. The highest BCUT2D eigenvalue weighted by Gasteiger charge is 2.00. The number of rotatable bonds is 6. The normalized spacial score (nSPS) is 10.0. The Morgan fingerprint density at radius 2 is 2.00 bits per heavy atom. The van der Waals surface area contributed by atoms with Crippen LogP contribution in [0.1, 0.15) is 0 Å². The molecule has 5 nitrogen and oxygen atoms in total. The Kier molecular flexibility index (Phi) is 5.98. The lowest BCUT2D eigenvalue weighted by Crippen LogP contribution is -2.31. The summed E-state index contributed by atoms with van der Waals surface area (Å²) >= 11 is 0. The summed E-state index contributed by atoms with van der Waals surface area (Å²) in [5.74, 6) is -0.348. The first kappa shape index (κ1) is 13.4. The van der Waals surface area contributed by atoms with Gasteiger partial charge in [0.25, 0.3) is 0 Å². The Morgan fingerprint density at radius 3 is 2.65 bits per heavy atom. The van der Waals surface area contributed by atoms with E-state index in [-0.39, 0.29) is 12.5 Å². The SMILES string of the molecule is COCCOCNC(=O)Nc1ccc(F)cc1. The van der Waals surface area contributed by atoms with Crippen LogP contribution in [0.2, 0.25) is 0 Å². The van der Waals surface area contributed by atoms with E-state index in [9.17, 15) is 9.18 Å². The highest BCUT2D eigenvalue weighted by Crippen LogP contribution is 2.07. The minimum Gasteiger partial charge on any atom is -0.382 e. The summed E-state index contributed by atoms with van der Waals surface area (Å²) < 4.78 is 22.4. The Labute approximate surface area is 98.9 Å². The van der Waals surface area contributed by atoms with Crippen LogP contribution in [-0.4, -0.2) is 33.1 Å². The molecule has 0 atom stereocenters. The summed E-state index contributed by atoms with van der Waals surface area (Å²) in [7, 11) is 1.57. The van der Waals surface area contributed by atoms with Crippen LogP contribution in [0.3, 0.4) is 0 Å². The first-order chi connectivity index (χ1) is 8.22. The molecule has 0 saturated carbocycles. The first-order valence-electron chi connectivity index (χ1n) is 5.09. The average Bonchev–Trinajstić information content (AvgIpc) is 2.32. The predicted molar refractivity (Wildman–Crippen MR) is 61.2 cm³/mol. The molecule has 0 aliphatic rings. The third-order valence-corrected chi connectivity index (χ3v) is 1.87. The van der Waals surface area contributed by atoms with Gasteiger partial charge in [0.05, 0.1) is 13.2 Å². The molecule has 1 aromatic carbocycles. The summed E-state index contributed by atoms with van der Waals surface area (Å²) in [6.45, 7) is 0.977. The number of benzene rings is 1. The standard InChI is InChI=1S/C11H15FN2O3/c1-16-6-7-17-8-13-11(15)14-10-4-2-9(12)3-5-10/h2-5H,6-8H2,1H3,(H2,13,14,15). The zero-order valence-corrected chi connectivity index (χ0v) is 9.53. The number of urea groups is 1. The van der Waals surface area contributed by atoms with Gasteiger partial charge in [0.2, 0.25) is 0 Å². The van der Waals surface area contributed by atoms with Crippen LogP contribution in [-0.2, 0) is 9.47 Å². The molecule has 0 aliphatic heterocycles. The molecular weight excluding hydrogens is 227 g/mol. The molecule has 2 amide bonds. The maximum atomic E-state index is 12.6. The van der Waals surface area contributed by atoms with Crippen molar-refractivity contribution in [2.45, 2.75) is 0 Å². The van der Waals surface area contributed by atoms with Crippen molar-refractivity contribution >= 4 is 11.7 Å². The predicted octanol–water partition coefficient (Wildman–Crippen LogP) is 1.57. The van der Waals surface area contributed by atoms with Gasteiger partial charge in [0.15, 0.2) is 0 Å². The highest BCUT2D eigenvalue weighted by molar-refractivity contribution is 5.88. The summed E-state index contributed by atoms with van der Waals surface area (Å²) in [5, 5.41) is 5.02. The second-order valence-electron chi connectivity index (χ2n) is 3.18. The molecule has 94 valence electrons. The van der Waals surface area contributed by atoms with Crippen LogP contribution < -0.4 is 10.6 Å². The first-order valence-corrected chi connectivity index (χ1v) is 5.09. The van der Waals surface area contributed by atoms with E-state index in [0.29, 0.717) is 18.9 Å². The van der Waals surface area contributed by atoms with Crippen molar-refractivity contribution < 1.29 is 18.7 Å². The average molecular weight is 242 g/mol. The van der Waals surface area contributed by atoms with E-state index in [1.54, 1.807) is 7.11 Å². The van der Waals surface area contributed by atoms with Crippen LogP contribution >= 0.6 is 0 Å². The second kappa shape index (κ2) is 7.59. The maximum Gasteiger partial charge on any atom is 0.321 e. The van der Waals surface area contributed by atoms with Gasteiger partial charge in [-0.15, -0.1) is 0 Å². The topological polar surface area (TPSA) is 59.6 Å². The highest BCUT2D eigenvalue weighted by atomic mass is 19.1. The quantitative estimate of drug-likeness (QED) is 0.588. The molecule has 0 bridgehead atoms. The van der Waals surface area contributed by atoms with Gasteiger partial charge >= 0.3 is 6.03 Å². The van der Waals surface area contributed by atoms with Crippen molar-refractivity contribution in [2.75, 3.05) is 32.4 Å². The van der Waals surface area contributed by atoms with Crippen molar-refractivity contribution in [3.8, 4) is 0 Å². The molecule has 0 saturated heterocycles. The third-order valence-electron chi connectivity index (χ3n) is 1.87. The fourth-order valence-corrected chi connectivity index (χ4v) is 1.04. The zero-order valence-electron chi connectivity index (χ0n) is 9.53. The van der Waals surface area contributed by atoms with E-state index >= 15 is 0 Å². The number of anilines is 1. The van der Waals surface area contributed by atoms with Crippen molar-refractivity contribution in [3.05, 3.63) is 30.1 Å². The van der Waals surface area contributed by atoms with Gasteiger partial charge in [-0.1, -0.05) is 0 Å². The van der Waals surface area contributed by atoms with Gasteiger partial charge in [0.1, 0.15) is 12.5 Å². The number of methoxy groups -OCH3 is 1. The Morgan fingerprint density at radius 1 is 1.29 bits per heavy atom. The van der Waals surface area contributed by atoms with Crippen LogP contribution in [0.4, 0.5) is 14.9 Å². The largest absolute Gasteiger partial charge is 0.382 e. The fourth-order valence-electron chi connectivity index (χ4n) is 1.04. The van der Waals surface area contributed by atoms with Crippen LogP contribution in [0, 0.1) is 5.82 Å². The van der Waals surface area contributed by atoms with E-state index in [2.05, 4.69) is 10.6 Å². The smallest absolute Gasteiger partial charge is 0.321 e. The van der Waals surface area contributed by atoms with E-state index in [1.807, 2.05) is 0 Å². The number of amides is 2. The van der Waals surface area contributed by atoms with E-state index in [0.717, 1.165) is 0 Å². The molecule has 2 N–H and O–H groups in total. The lowest BCUT2D eigenvalue weighted by atomic mass is 10.3. The number of halogens is 1. The molecule has 0 aromatic heterocycles. The summed E-state index contributed by atoms with van der Waals surface area (Å²) in [4.78, 5) is 11.3. The van der Waals surface area contributed by atoms with E-state index in [4.69, 9.17) is 9.47 Å². The molecule has 0 radical (unpaired) electrons. The Balaban J connectivity index is 2.18. The van der Waals surface area contributed by atoms with Gasteiger partial charge in [-0.3, -0.25) is 0 Å². The molecule has 0 fully saturated rings. The lowest BCUT2D eigenvalue weighted by Gasteiger charge is -2.08. The third kappa shape index (κ3) is 5.84. The molecule has 0 aliphatic carbocycles. The van der Waals surface area contributed by atoms with Crippen molar-refractivity contribution in [3.63, 3.8) is 0 Å². The molecule has 0 unspecified atom stereocenters. The lowest BCUT2D eigenvalue weighted by molar-refractivity contribution is 0.0650. The minimum absolute atomic E-state index is 0.0936. The van der Waals surface area contributed by atoms with Gasteiger partial charge in [0, 0.05) is 12.8 Å². The van der Waals surface area contributed by atoms with Gasteiger partial charge < -0.3 is 20.1 Å². The van der Waals surface area contributed by atoms with Crippen LogP contribution in [0.25, 0.3) is 0 Å². The van der Waals surface area contributed by atoms with Crippen LogP contribution in [0.5, 0.6) is 0 Å². The fraction of sp³-hybridized carbons (Fsp3) is 0.364. The Hall–Kier alpha value is -1.66. The molecule has 1 rings (SSSR count). The number of nitrogens with one attached hydrogen (secondary N) is 2. The second-order valence-corrected chi connectivity index (χ2v) is 3.18. The number of hydrogen-bond donors (Lipinski definition) is 2. The minimum atomic E-state index is -0.408. The summed E-state index contributed by atoms with van der Waals surface area (Å²) in [6.07, 6.45) is 0. The molecular formula is C11H15FN2O3. The van der Waals surface area contributed by atoms with Crippen LogP contribution in [0.15, 0.2) is 24.3 Å². The molecule has 6 heteroatoms. The number of ether oxygens (including phenoxy) is 2. The molecule has 1 aromatic rings. The van der Waals surface area contributed by atoms with Crippen molar-refractivity contribution in [1.82, 2.24) is 5.32 Å². The molecule has 0 spiro atoms. The summed E-state index contributed by atoms with van der Waals surface area (Å²) in [6, 6.07) is 5.07.